The van der Waals surface area contributed by atoms with Crippen LogP contribution in [0.25, 0.3) is 0 Å². The van der Waals surface area contributed by atoms with Gasteiger partial charge in [0.05, 0.1) is 0 Å². The van der Waals surface area contributed by atoms with Crippen molar-refractivity contribution in [2.24, 2.45) is 0 Å². The van der Waals surface area contributed by atoms with Crippen LogP contribution in [0, 0.1) is 0 Å². The van der Waals surface area contributed by atoms with E-state index >= 15 is 0 Å². The number of carbonyl (C=O) groups is 1. The molecule has 0 radical (unpaired) electrons. The van der Waals surface area contributed by atoms with Crippen LogP contribution in [0.5, 0.6) is 0 Å². The molecule has 0 aromatic carbocycles. The van der Waals surface area contributed by atoms with E-state index in [0.717, 1.165) is 44.7 Å². The molecule has 1 aromatic rings. The van der Waals surface area contributed by atoms with Gasteiger partial charge in [-0.15, -0.1) is 0 Å². The van der Waals surface area contributed by atoms with Crippen molar-refractivity contribution < 1.29 is 9.32 Å². The summed E-state index contributed by atoms with van der Waals surface area (Å²) in [6.07, 6.45) is 3.58. The van der Waals surface area contributed by atoms with Gasteiger partial charge >= 0.3 is 0 Å². The molecule has 0 atom stereocenters. The molecule has 1 fully saturated rings. The molecule has 6 nitrogen and oxygen atoms in total. The average molecular weight is 294 g/mol. The first-order chi connectivity index (χ1) is 10.0. The standard InChI is InChI=1S/C15H26N4O2/c1-5-15(6-2,17-11(3)20)14-16-13(21-18-14)12-7-9-19(4)10-8-12/h12H,5-10H2,1-4H3,(H,17,20). The van der Waals surface area contributed by atoms with Crippen LogP contribution in [0.2, 0.25) is 0 Å². The van der Waals surface area contributed by atoms with Crippen LogP contribution in [-0.2, 0) is 10.3 Å². The summed E-state index contributed by atoms with van der Waals surface area (Å²) in [6.45, 7) is 7.70. The molecule has 118 valence electrons. The Bertz CT molecular complexity index is 474. The number of rotatable bonds is 5. The number of nitrogens with one attached hydrogen (secondary N) is 1. The van der Waals surface area contributed by atoms with Gasteiger partial charge in [0.1, 0.15) is 5.54 Å². The molecule has 2 heterocycles. The highest BCUT2D eigenvalue weighted by atomic mass is 16.5. The molecular weight excluding hydrogens is 268 g/mol. The molecule has 1 N–H and O–H groups in total. The Labute approximate surface area is 126 Å². The second-order valence-corrected chi connectivity index (χ2v) is 6.00. The summed E-state index contributed by atoms with van der Waals surface area (Å²) in [5.74, 6) is 1.60. The van der Waals surface area contributed by atoms with Crippen molar-refractivity contribution in [1.29, 1.82) is 0 Å². The number of carbonyl (C=O) groups excluding carboxylic acids is 1. The minimum absolute atomic E-state index is 0.0654. The van der Waals surface area contributed by atoms with Crippen molar-refractivity contribution in [2.45, 2.75) is 57.9 Å². The molecule has 21 heavy (non-hydrogen) atoms. The maximum atomic E-state index is 11.5. The van der Waals surface area contributed by atoms with Crippen LogP contribution >= 0.6 is 0 Å². The molecule has 1 aliphatic rings. The first kappa shape index (κ1) is 15.9. The van der Waals surface area contributed by atoms with Crippen LogP contribution in [0.15, 0.2) is 4.52 Å². The summed E-state index contributed by atoms with van der Waals surface area (Å²) < 4.78 is 5.50. The molecular formula is C15H26N4O2. The number of amides is 1. The van der Waals surface area contributed by atoms with E-state index < -0.39 is 5.54 Å². The molecule has 0 spiro atoms. The van der Waals surface area contributed by atoms with Gasteiger partial charge in [-0.25, -0.2) is 0 Å². The molecule has 2 rings (SSSR count). The van der Waals surface area contributed by atoms with Crippen LogP contribution in [0.3, 0.4) is 0 Å². The largest absolute Gasteiger partial charge is 0.343 e. The Morgan fingerprint density at radius 3 is 2.52 bits per heavy atom. The van der Waals surface area contributed by atoms with E-state index in [1.807, 2.05) is 13.8 Å². The summed E-state index contributed by atoms with van der Waals surface area (Å²) >= 11 is 0. The lowest BCUT2D eigenvalue weighted by Crippen LogP contribution is -2.45. The molecule has 1 amide bonds. The van der Waals surface area contributed by atoms with Crippen molar-refractivity contribution in [2.75, 3.05) is 20.1 Å². The fourth-order valence-electron chi connectivity index (χ4n) is 2.99. The van der Waals surface area contributed by atoms with Gasteiger partial charge in [-0.2, -0.15) is 4.98 Å². The van der Waals surface area contributed by atoms with E-state index in [1.54, 1.807) is 0 Å². The predicted molar refractivity (Wildman–Crippen MR) is 79.8 cm³/mol. The van der Waals surface area contributed by atoms with Crippen LogP contribution in [-0.4, -0.2) is 41.1 Å². The SMILES string of the molecule is CCC(CC)(NC(C)=O)c1noc(C2CCN(C)CC2)n1. The summed E-state index contributed by atoms with van der Waals surface area (Å²) in [5.41, 5.74) is -0.515. The number of hydrogen-bond donors (Lipinski definition) is 1. The topological polar surface area (TPSA) is 71.3 Å². The zero-order valence-corrected chi connectivity index (χ0v) is 13.5. The van der Waals surface area contributed by atoms with Crippen molar-refractivity contribution in [3.63, 3.8) is 0 Å². The molecule has 0 unspecified atom stereocenters. The van der Waals surface area contributed by atoms with Gasteiger partial charge in [0.25, 0.3) is 0 Å². The van der Waals surface area contributed by atoms with Gasteiger partial charge in [0.15, 0.2) is 5.82 Å². The lowest BCUT2D eigenvalue weighted by atomic mass is 9.91. The summed E-state index contributed by atoms with van der Waals surface area (Å²) in [6, 6.07) is 0. The van der Waals surface area contributed by atoms with Crippen molar-refractivity contribution in [1.82, 2.24) is 20.4 Å². The Hall–Kier alpha value is -1.43. The van der Waals surface area contributed by atoms with Crippen LogP contribution < -0.4 is 5.32 Å². The zero-order valence-electron chi connectivity index (χ0n) is 13.5. The molecule has 1 saturated heterocycles. The highest BCUT2D eigenvalue weighted by Gasteiger charge is 2.35. The number of nitrogens with zero attached hydrogens (tertiary/aromatic N) is 3. The van der Waals surface area contributed by atoms with Gasteiger partial charge < -0.3 is 14.7 Å². The maximum absolute atomic E-state index is 11.5. The molecule has 0 saturated carbocycles. The van der Waals surface area contributed by atoms with E-state index in [2.05, 4.69) is 27.4 Å². The Kier molecular flexibility index (Phi) is 4.98. The van der Waals surface area contributed by atoms with E-state index in [4.69, 9.17) is 4.52 Å². The first-order valence-electron chi connectivity index (χ1n) is 7.82. The third-order valence-electron chi connectivity index (χ3n) is 4.56. The van der Waals surface area contributed by atoms with E-state index in [0.29, 0.717) is 11.7 Å². The number of piperidine rings is 1. The van der Waals surface area contributed by atoms with Gasteiger partial charge in [0, 0.05) is 12.8 Å². The van der Waals surface area contributed by atoms with Crippen LogP contribution in [0.4, 0.5) is 0 Å². The molecule has 1 aliphatic heterocycles. The van der Waals surface area contributed by atoms with Crippen LogP contribution in [0.1, 0.15) is 64.1 Å². The highest BCUT2D eigenvalue weighted by molar-refractivity contribution is 5.73. The second kappa shape index (κ2) is 6.56. The summed E-state index contributed by atoms with van der Waals surface area (Å²) in [5, 5.41) is 7.16. The monoisotopic (exact) mass is 294 g/mol. The molecule has 6 heteroatoms. The molecule has 0 aliphatic carbocycles. The Morgan fingerprint density at radius 1 is 1.38 bits per heavy atom. The van der Waals surface area contributed by atoms with Gasteiger partial charge in [-0.05, 0) is 45.8 Å². The average Bonchev–Trinajstić information content (AvgIpc) is 2.95. The summed E-state index contributed by atoms with van der Waals surface area (Å²) in [7, 11) is 2.13. The van der Waals surface area contributed by atoms with Crippen molar-refractivity contribution >= 4 is 5.91 Å². The lowest BCUT2D eigenvalue weighted by Gasteiger charge is -2.29. The smallest absolute Gasteiger partial charge is 0.229 e. The highest BCUT2D eigenvalue weighted by Crippen LogP contribution is 2.30. The van der Waals surface area contributed by atoms with E-state index in [9.17, 15) is 4.79 Å². The number of likely N-dealkylation sites (tertiary alicyclic amines) is 1. The minimum atomic E-state index is -0.515. The van der Waals surface area contributed by atoms with Gasteiger partial charge in [-0.3, -0.25) is 4.79 Å². The van der Waals surface area contributed by atoms with E-state index in [1.165, 1.54) is 6.92 Å². The van der Waals surface area contributed by atoms with Gasteiger partial charge in [-0.1, -0.05) is 19.0 Å². The lowest BCUT2D eigenvalue weighted by molar-refractivity contribution is -0.121. The first-order valence-corrected chi connectivity index (χ1v) is 7.82. The Balaban J connectivity index is 2.18. The predicted octanol–water partition coefficient (Wildman–Crippen LogP) is 2.03. The number of aromatic nitrogens is 2. The second-order valence-electron chi connectivity index (χ2n) is 6.00. The fraction of sp³-hybridized carbons (Fsp3) is 0.800. The van der Waals surface area contributed by atoms with Crippen molar-refractivity contribution in [3.8, 4) is 0 Å². The normalized spacial score (nSPS) is 17.9. The van der Waals surface area contributed by atoms with Gasteiger partial charge in [0.2, 0.25) is 11.8 Å². The Morgan fingerprint density at radius 2 is 2.00 bits per heavy atom. The number of hydrogen-bond acceptors (Lipinski definition) is 5. The maximum Gasteiger partial charge on any atom is 0.229 e. The third kappa shape index (κ3) is 3.43. The quantitative estimate of drug-likeness (QED) is 0.899. The fourth-order valence-corrected chi connectivity index (χ4v) is 2.99. The summed E-state index contributed by atoms with van der Waals surface area (Å²) in [4.78, 5) is 18.4. The molecule has 0 bridgehead atoms. The minimum Gasteiger partial charge on any atom is -0.343 e. The third-order valence-corrected chi connectivity index (χ3v) is 4.56. The molecule has 1 aromatic heterocycles. The van der Waals surface area contributed by atoms with Crippen molar-refractivity contribution in [3.05, 3.63) is 11.7 Å². The van der Waals surface area contributed by atoms with E-state index in [-0.39, 0.29) is 5.91 Å². The zero-order chi connectivity index (χ0) is 15.5.